The lowest BCUT2D eigenvalue weighted by atomic mass is 10.1. The zero-order valence-electron chi connectivity index (χ0n) is 9.34. The van der Waals surface area contributed by atoms with Crippen LogP contribution >= 0.6 is 0 Å². The molecule has 1 rings (SSSR count). The van der Waals surface area contributed by atoms with Crippen LogP contribution in [0.2, 0.25) is 0 Å². The molecule has 18 heavy (non-hydrogen) atoms. The third-order valence-electron chi connectivity index (χ3n) is 2.29. The van der Waals surface area contributed by atoms with Gasteiger partial charge in [-0.15, -0.1) is 0 Å². The Balaban J connectivity index is 3.22. The first kappa shape index (κ1) is 14.4. The number of alkyl halides is 5. The van der Waals surface area contributed by atoms with Crippen LogP contribution in [0, 0.1) is 0 Å². The number of carbonyl (C=O) groups excluding carboxylic acids is 1. The number of carbonyl (C=O) groups is 1. The summed E-state index contributed by atoms with van der Waals surface area (Å²) < 4.78 is 62.5. The summed E-state index contributed by atoms with van der Waals surface area (Å²) in [4.78, 5) is 11.3. The van der Waals surface area contributed by atoms with Gasteiger partial charge in [0.2, 0.25) is 0 Å². The monoisotopic (exact) mass is 267 g/mol. The van der Waals surface area contributed by atoms with E-state index in [9.17, 15) is 26.7 Å². The molecule has 1 aromatic rings. The Bertz CT molecular complexity index is 430. The van der Waals surface area contributed by atoms with Crippen LogP contribution in [0.4, 0.5) is 27.6 Å². The Morgan fingerprint density at radius 2 is 1.94 bits per heavy atom. The first-order valence-electron chi connectivity index (χ1n) is 4.91. The molecule has 0 atom stereocenters. The lowest BCUT2D eigenvalue weighted by molar-refractivity contribution is -0.137. The average Bonchev–Trinajstić information content (AvgIpc) is 2.26. The van der Waals surface area contributed by atoms with E-state index in [4.69, 9.17) is 0 Å². The summed E-state index contributed by atoms with van der Waals surface area (Å²) in [7, 11) is 1.14. The van der Waals surface area contributed by atoms with Gasteiger partial charge < -0.3 is 4.90 Å². The van der Waals surface area contributed by atoms with E-state index in [1.807, 2.05) is 0 Å². The molecule has 0 saturated carbocycles. The highest BCUT2D eigenvalue weighted by atomic mass is 19.4. The molecule has 0 amide bonds. The van der Waals surface area contributed by atoms with Gasteiger partial charge in [-0.3, -0.25) is 4.79 Å². The third-order valence-corrected chi connectivity index (χ3v) is 2.29. The van der Waals surface area contributed by atoms with Gasteiger partial charge in [-0.25, -0.2) is 8.78 Å². The van der Waals surface area contributed by atoms with E-state index in [0.29, 0.717) is 6.07 Å². The SMILES string of the molecule is CN(CC(F)F)c1ccc(C=O)cc1C(F)(F)F. The second kappa shape index (κ2) is 5.32. The quantitative estimate of drug-likeness (QED) is 0.616. The van der Waals surface area contributed by atoms with Crippen LogP contribution in [0.25, 0.3) is 0 Å². The standard InChI is InChI=1S/C11H10F5NO/c1-17(5-10(12)13)9-3-2-7(6-18)4-8(9)11(14,15)16/h2-4,6,10H,5H2,1H3. The maximum Gasteiger partial charge on any atom is 0.418 e. The Hall–Kier alpha value is -1.66. The van der Waals surface area contributed by atoms with E-state index in [-0.39, 0.29) is 17.5 Å². The minimum atomic E-state index is -4.70. The highest BCUT2D eigenvalue weighted by Gasteiger charge is 2.35. The Morgan fingerprint density at radius 3 is 2.39 bits per heavy atom. The van der Waals surface area contributed by atoms with Crippen molar-refractivity contribution in [2.45, 2.75) is 12.6 Å². The summed E-state index contributed by atoms with van der Waals surface area (Å²) in [5.74, 6) is 0. The average molecular weight is 267 g/mol. The van der Waals surface area contributed by atoms with E-state index >= 15 is 0 Å². The van der Waals surface area contributed by atoms with Gasteiger partial charge >= 0.3 is 6.18 Å². The van der Waals surface area contributed by atoms with Gasteiger partial charge in [0.1, 0.15) is 6.29 Å². The maximum absolute atomic E-state index is 12.7. The number of nitrogens with zero attached hydrogens (tertiary/aromatic N) is 1. The molecule has 0 radical (unpaired) electrons. The smallest absolute Gasteiger partial charge is 0.368 e. The van der Waals surface area contributed by atoms with Crippen molar-refractivity contribution in [3.63, 3.8) is 0 Å². The van der Waals surface area contributed by atoms with E-state index in [2.05, 4.69) is 0 Å². The first-order chi connectivity index (χ1) is 8.25. The van der Waals surface area contributed by atoms with Crippen molar-refractivity contribution < 1.29 is 26.7 Å². The molecule has 0 aromatic heterocycles. The molecule has 0 heterocycles. The third kappa shape index (κ3) is 3.41. The number of hydrogen-bond acceptors (Lipinski definition) is 2. The van der Waals surface area contributed by atoms with Crippen molar-refractivity contribution in [3.8, 4) is 0 Å². The van der Waals surface area contributed by atoms with Crippen LogP contribution < -0.4 is 4.90 Å². The molecular weight excluding hydrogens is 257 g/mol. The van der Waals surface area contributed by atoms with Crippen LogP contribution in [0.5, 0.6) is 0 Å². The molecular formula is C11H10F5NO. The van der Waals surface area contributed by atoms with Crippen molar-refractivity contribution in [1.82, 2.24) is 0 Å². The molecule has 7 heteroatoms. The predicted molar refractivity (Wildman–Crippen MR) is 56.1 cm³/mol. The number of hydrogen-bond donors (Lipinski definition) is 0. The van der Waals surface area contributed by atoms with Crippen molar-refractivity contribution >= 4 is 12.0 Å². The molecule has 0 N–H and O–H groups in total. The fourth-order valence-corrected chi connectivity index (χ4v) is 1.49. The molecule has 0 aliphatic rings. The number of anilines is 1. The summed E-state index contributed by atoms with van der Waals surface area (Å²) in [6.07, 6.45) is -7.18. The molecule has 0 unspecified atom stereocenters. The molecule has 100 valence electrons. The van der Waals surface area contributed by atoms with Crippen molar-refractivity contribution in [1.29, 1.82) is 0 Å². The van der Waals surface area contributed by atoms with Gasteiger partial charge in [0, 0.05) is 18.3 Å². The van der Waals surface area contributed by atoms with Crippen molar-refractivity contribution in [2.75, 3.05) is 18.5 Å². The number of halogens is 5. The molecule has 0 aliphatic carbocycles. The lowest BCUT2D eigenvalue weighted by Crippen LogP contribution is -2.26. The van der Waals surface area contributed by atoms with Gasteiger partial charge in [-0.05, 0) is 18.2 Å². The summed E-state index contributed by atoms with van der Waals surface area (Å²) in [6.45, 7) is -0.816. The maximum atomic E-state index is 12.7. The molecule has 0 aliphatic heterocycles. The van der Waals surface area contributed by atoms with E-state index in [1.54, 1.807) is 0 Å². The highest BCUT2D eigenvalue weighted by molar-refractivity contribution is 5.77. The topological polar surface area (TPSA) is 20.3 Å². The number of aldehydes is 1. The van der Waals surface area contributed by atoms with Gasteiger partial charge in [-0.2, -0.15) is 13.2 Å². The molecule has 1 aromatic carbocycles. The van der Waals surface area contributed by atoms with Gasteiger partial charge in [0.15, 0.2) is 0 Å². The minimum absolute atomic E-state index is 0.156. The first-order valence-corrected chi connectivity index (χ1v) is 4.91. The molecule has 0 fully saturated rings. The summed E-state index contributed by atoms with van der Waals surface area (Å²) in [5.41, 5.74) is -1.64. The van der Waals surface area contributed by atoms with Crippen LogP contribution in [-0.2, 0) is 6.18 Å². The second-order valence-corrected chi connectivity index (χ2v) is 3.66. The normalized spacial score (nSPS) is 11.7. The molecule has 2 nitrogen and oxygen atoms in total. The Morgan fingerprint density at radius 1 is 1.33 bits per heavy atom. The Kier molecular flexibility index (Phi) is 4.26. The van der Waals surface area contributed by atoms with Gasteiger partial charge in [-0.1, -0.05) is 0 Å². The number of rotatable bonds is 4. The summed E-state index contributed by atoms with van der Waals surface area (Å²) in [6, 6.07) is 2.80. The van der Waals surface area contributed by atoms with Crippen LogP contribution in [-0.4, -0.2) is 26.3 Å². The van der Waals surface area contributed by atoms with Crippen molar-refractivity contribution in [3.05, 3.63) is 29.3 Å². The van der Waals surface area contributed by atoms with Crippen LogP contribution in [0.15, 0.2) is 18.2 Å². The van der Waals surface area contributed by atoms with E-state index in [0.717, 1.165) is 24.1 Å². The van der Waals surface area contributed by atoms with Gasteiger partial charge in [0.25, 0.3) is 6.43 Å². The lowest BCUT2D eigenvalue weighted by Gasteiger charge is -2.23. The fraction of sp³-hybridized carbons (Fsp3) is 0.364. The minimum Gasteiger partial charge on any atom is -0.368 e. The largest absolute Gasteiger partial charge is 0.418 e. The fourth-order valence-electron chi connectivity index (χ4n) is 1.49. The predicted octanol–water partition coefficient (Wildman–Crippen LogP) is 3.22. The van der Waals surface area contributed by atoms with Gasteiger partial charge in [0.05, 0.1) is 12.1 Å². The number of benzene rings is 1. The molecule has 0 spiro atoms. The molecule has 0 saturated heterocycles. The highest BCUT2D eigenvalue weighted by Crippen LogP contribution is 2.36. The summed E-state index contributed by atoms with van der Waals surface area (Å²) >= 11 is 0. The van der Waals surface area contributed by atoms with Crippen LogP contribution in [0.1, 0.15) is 15.9 Å². The van der Waals surface area contributed by atoms with Crippen molar-refractivity contribution in [2.24, 2.45) is 0 Å². The Labute approximate surface area is 100 Å². The van der Waals surface area contributed by atoms with E-state index in [1.165, 1.54) is 0 Å². The molecule has 0 bridgehead atoms. The zero-order chi connectivity index (χ0) is 13.9. The van der Waals surface area contributed by atoms with Crippen LogP contribution in [0.3, 0.4) is 0 Å². The second-order valence-electron chi connectivity index (χ2n) is 3.66. The van der Waals surface area contributed by atoms with E-state index < -0.39 is 24.7 Å². The summed E-state index contributed by atoms with van der Waals surface area (Å²) in [5, 5.41) is 0. The zero-order valence-corrected chi connectivity index (χ0v) is 9.34.